The monoisotopic (exact) mass is 434 g/mol. The summed E-state index contributed by atoms with van der Waals surface area (Å²) >= 11 is 0. The van der Waals surface area contributed by atoms with Crippen molar-refractivity contribution in [3.63, 3.8) is 0 Å². The molecule has 1 amide bonds. The van der Waals surface area contributed by atoms with E-state index < -0.39 is 12.1 Å². The summed E-state index contributed by atoms with van der Waals surface area (Å²) in [7, 11) is 0. The van der Waals surface area contributed by atoms with Gasteiger partial charge in [-0.2, -0.15) is 0 Å². The lowest BCUT2D eigenvalue weighted by atomic mass is 10.0. The number of hydrogen-bond acceptors (Lipinski definition) is 9. The number of nitrogens with one attached hydrogen (secondary N) is 1. The number of carbonyl (C=O) groups is 2. The molecule has 0 radical (unpaired) electrons. The van der Waals surface area contributed by atoms with Crippen LogP contribution in [-0.2, 0) is 11.2 Å². The summed E-state index contributed by atoms with van der Waals surface area (Å²) in [6.45, 7) is 1.44. The number of benzene rings is 2. The van der Waals surface area contributed by atoms with E-state index in [0.717, 1.165) is 5.56 Å². The number of phenols is 1. The number of aromatic nitrogens is 1. The predicted octanol–water partition coefficient (Wildman–Crippen LogP) is 3.85. The smallest absolute Gasteiger partial charge is 0.418 e. The minimum absolute atomic E-state index is 0.0152. The van der Waals surface area contributed by atoms with E-state index in [1.807, 2.05) is 0 Å². The van der Waals surface area contributed by atoms with Crippen LogP contribution in [-0.4, -0.2) is 28.0 Å². The zero-order valence-corrected chi connectivity index (χ0v) is 17.2. The van der Waals surface area contributed by atoms with Crippen molar-refractivity contribution in [2.75, 3.05) is 11.1 Å². The minimum Gasteiger partial charge on any atom is -0.506 e. The molecule has 1 heterocycles. The second kappa shape index (κ2) is 10.1. The molecule has 0 unspecified atom stereocenters. The summed E-state index contributed by atoms with van der Waals surface area (Å²) in [5.74, 6) is 0.399. The Bertz CT molecular complexity index is 1150. The topological polar surface area (TPSA) is 165 Å². The Balaban J connectivity index is 1.59. The highest BCUT2D eigenvalue weighted by Crippen LogP contribution is 2.29. The number of aromatic hydroxyl groups is 1. The van der Waals surface area contributed by atoms with Gasteiger partial charge in [-0.05, 0) is 55.3 Å². The number of rotatable bonds is 7. The van der Waals surface area contributed by atoms with Crippen molar-refractivity contribution in [2.45, 2.75) is 19.4 Å². The van der Waals surface area contributed by atoms with Gasteiger partial charge in [-0.3, -0.25) is 10.1 Å². The van der Waals surface area contributed by atoms with Crippen molar-refractivity contribution in [2.24, 2.45) is 16.0 Å². The number of Topliss-reactive ketones (excluding diaryl/α,β-unsaturated/α-hetero) is 1. The van der Waals surface area contributed by atoms with E-state index in [4.69, 9.17) is 16.2 Å². The third kappa shape index (κ3) is 6.09. The minimum atomic E-state index is -0.756. The van der Waals surface area contributed by atoms with Crippen molar-refractivity contribution in [1.82, 2.24) is 4.98 Å². The van der Waals surface area contributed by atoms with Gasteiger partial charge >= 0.3 is 6.09 Å². The molecule has 3 rings (SSSR count). The van der Waals surface area contributed by atoms with Crippen LogP contribution >= 0.6 is 0 Å². The van der Waals surface area contributed by atoms with Gasteiger partial charge in [0.05, 0.1) is 6.04 Å². The molecule has 0 fully saturated rings. The Morgan fingerprint density at radius 3 is 2.41 bits per heavy atom. The number of anilines is 2. The molecule has 10 nitrogen and oxygen atoms in total. The highest BCUT2D eigenvalue weighted by molar-refractivity contribution is 5.86. The van der Waals surface area contributed by atoms with Crippen molar-refractivity contribution in [3.05, 3.63) is 66.2 Å². The van der Waals surface area contributed by atoms with E-state index in [1.165, 1.54) is 25.1 Å². The molecule has 2 aromatic carbocycles. The number of nitrogens with two attached hydrogens (primary N) is 2. The molecule has 0 spiro atoms. The van der Waals surface area contributed by atoms with Gasteiger partial charge in [0, 0.05) is 0 Å². The van der Waals surface area contributed by atoms with E-state index in [2.05, 4.69) is 20.5 Å². The number of carbonyl (C=O) groups excluding carboxylic acids is 2. The largest absolute Gasteiger partial charge is 0.506 e. The molecule has 164 valence electrons. The highest BCUT2D eigenvalue weighted by Gasteiger charge is 2.11. The molecule has 6 N–H and O–H groups in total. The average Bonchev–Trinajstić information content (AvgIpc) is 2.75. The van der Waals surface area contributed by atoms with Gasteiger partial charge in [-0.25, -0.2) is 9.78 Å². The summed E-state index contributed by atoms with van der Waals surface area (Å²) in [6, 6.07) is 15.6. The number of hydrogen-bond donors (Lipinski definition) is 4. The molecular weight excluding hydrogens is 412 g/mol. The van der Waals surface area contributed by atoms with Gasteiger partial charge in [-0.1, -0.05) is 24.3 Å². The van der Waals surface area contributed by atoms with E-state index >= 15 is 0 Å². The zero-order chi connectivity index (χ0) is 23.1. The lowest BCUT2D eigenvalue weighted by Gasteiger charge is -2.09. The molecule has 0 bridgehead atoms. The highest BCUT2D eigenvalue weighted by atomic mass is 16.6. The van der Waals surface area contributed by atoms with E-state index in [1.54, 1.807) is 42.5 Å². The van der Waals surface area contributed by atoms with Crippen molar-refractivity contribution in [1.29, 1.82) is 0 Å². The first-order chi connectivity index (χ1) is 15.3. The lowest BCUT2D eigenvalue weighted by Crippen LogP contribution is -2.30. The number of ketones is 1. The van der Waals surface area contributed by atoms with Crippen LogP contribution in [0.2, 0.25) is 0 Å². The van der Waals surface area contributed by atoms with Gasteiger partial charge in [0.25, 0.3) is 0 Å². The summed E-state index contributed by atoms with van der Waals surface area (Å²) in [5, 5.41) is 20.1. The van der Waals surface area contributed by atoms with Crippen molar-refractivity contribution < 1.29 is 19.4 Å². The number of ether oxygens (including phenoxy) is 1. The van der Waals surface area contributed by atoms with Crippen LogP contribution in [0.15, 0.2) is 70.9 Å². The molecule has 0 saturated heterocycles. The first-order valence-electron chi connectivity index (χ1n) is 9.62. The first-order valence-corrected chi connectivity index (χ1v) is 9.62. The fourth-order valence-corrected chi connectivity index (χ4v) is 2.61. The maximum Gasteiger partial charge on any atom is 0.418 e. The van der Waals surface area contributed by atoms with Crippen molar-refractivity contribution >= 4 is 34.9 Å². The van der Waals surface area contributed by atoms with Crippen molar-refractivity contribution in [3.8, 4) is 11.5 Å². The number of nitrogens with zero attached hydrogens (tertiary/aromatic N) is 3. The van der Waals surface area contributed by atoms with E-state index in [0.29, 0.717) is 12.2 Å². The second-order valence-electron chi connectivity index (χ2n) is 6.87. The zero-order valence-electron chi connectivity index (χ0n) is 17.2. The molecule has 3 aromatic rings. The van der Waals surface area contributed by atoms with Gasteiger partial charge in [0.15, 0.2) is 5.82 Å². The molecule has 10 heteroatoms. The van der Waals surface area contributed by atoms with Gasteiger partial charge in [-0.15, -0.1) is 10.2 Å². The Kier molecular flexibility index (Phi) is 7.09. The van der Waals surface area contributed by atoms with Crippen LogP contribution < -0.4 is 21.5 Å². The summed E-state index contributed by atoms with van der Waals surface area (Å²) < 4.78 is 5.22. The van der Waals surface area contributed by atoms with Crippen LogP contribution in [0.5, 0.6) is 11.5 Å². The van der Waals surface area contributed by atoms with Crippen LogP contribution in [0.3, 0.4) is 0 Å². The predicted molar refractivity (Wildman–Crippen MR) is 119 cm³/mol. The van der Waals surface area contributed by atoms with E-state index in [9.17, 15) is 14.7 Å². The molecule has 0 aliphatic carbocycles. The quantitative estimate of drug-likeness (QED) is 0.410. The number of amides is 1. The maximum absolute atomic E-state index is 12.1. The molecule has 1 aromatic heterocycles. The third-order valence-electron chi connectivity index (χ3n) is 4.39. The van der Waals surface area contributed by atoms with Crippen LogP contribution in [0, 0.1) is 0 Å². The van der Waals surface area contributed by atoms with E-state index in [-0.39, 0.29) is 34.5 Å². The lowest BCUT2D eigenvalue weighted by molar-refractivity contribution is -0.118. The molecular formula is C22H22N6O4. The fourth-order valence-electron chi connectivity index (χ4n) is 2.61. The second-order valence-corrected chi connectivity index (χ2v) is 6.87. The van der Waals surface area contributed by atoms with Crippen LogP contribution in [0.1, 0.15) is 12.5 Å². The Morgan fingerprint density at radius 2 is 1.75 bits per heavy atom. The molecule has 0 saturated carbocycles. The standard InChI is InChI=1S/C22H22N6O4/c1-13(29)16(23)12-14-6-8-15(9-7-14)32-22(31)26-20-11-10-18(21(24)25-20)28-27-17-4-2-3-5-19(17)30/h2-11,16,30H,12,23H2,1H3,(H3,24,25,26,31)/t16-/m0/s1. The average molecular weight is 434 g/mol. The normalized spacial score (nSPS) is 11.8. The number of para-hydroxylation sites is 1. The Labute approximate surface area is 183 Å². The molecule has 32 heavy (non-hydrogen) atoms. The fraction of sp³-hybridized carbons (Fsp3) is 0.136. The number of nitrogen functional groups attached to an aromatic ring is 1. The third-order valence-corrected chi connectivity index (χ3v) is 4.39. The Morgan fingerprint density at radius 1 is 1.06 bits per heavy atom. The SMILES string of the molecule is CC(=O)[C@@H](N)Cc1ccc(OC(=O)Nc2ccc(N=Nc3ccccc3O)c(N)n2)cc1. The number of phenolic OH excluding ortho intramolecular Hbond substituents is 1. The van der Waals surface area contributed by atoms with Crippen LogP contribution in [0.25, 0.3) is 0 Å². The summed E-state index contributed by atoms with van der Waals surface area (Å²) in [5.41, 5.74) is 13.0. The van der Waals surface area contributed by atoms with Gasteiger partial charge < -0.3 is 21.3 Å². The summed E-state index contributed by atoms with van der Waals surface area (Å²) in [6.07, 6.45) is -0.354. The number of azo groups is 1. The van der Waals surface area contributed by atoms with Crippen LogP contribution in [0.4, 0.5) is 27.8 Å². The Hall–Kier alpha value is -4.31. The maximum atomic E-state index is 12.1. The molecule has 1 atom stereocenters. The molecule has 0 aliphatic rings. The molecule has 0 aliphatic heterocycles. The first kappa shape index (κ1) is 22.4. The summed E-state index contributed by atoms with van der Waals surface area (Å²) in [4.78, 5) is 27.4. The number of pyridine rings is 1. The van der Waals surface area contributed by atoms with Gasteiger partial charge in [0.1, 0.15) is 34.5 Å². The van der Waals surface area contributed by atoms with Gasteiger partial charge in [0.2, 0.25) is 0 Å².